The minimum absolute atomic E-state index is 0. The van der Waals surface area contributed by atoms with Gasteiger partial charge in [0.25, 0.3) is 0 Å². The Balaban J connectivity index is 0.00000128. The van der Waals surface area contributed by atoms with Crippen LogP contribution in [0.25, 0.3) is 0 Å². The number of halogens is 1. The number of aromatic carboxylic acids is 1. The lowest BCUT2D eigenvalue weighted by Gasteiger charge is -2.25. The van der Waals surface area contributed by atoms with E-state index in [9.17, 15) is 4.79 Å². The molecule has 1 fully saturated rings. The van der Waals surface area contributed by atoms with Gasteiger partial charge in [-0.15, -0.1) is 23.7 Å². The Labute approximate surface area is 104 Å². The highest BCUT2D eigenvalue weighted by Gasteiger charge is 2.13. The fourth-order valence-corrected chi connectivity index (χ4v) is 2.45. The molecule has 2 heterocycles. The van der Waals surface area contributed by atoms with Gasteiger partial charge in [0.2, 0.25) is 0 Å². The molecule has 2 rings (SSSR count). The monoisotopic (exact) mass is 263 g/mol. The molecule has 0 bridgehead atoms. The summed E-state index contributed by atoms with van der Waals surface area (Å²) < 4.78 is 5.25. The second kappa shape index (κ2) is 6.20. The van der Waals surface area contributed by atoms with Gasteiger partial charge in [-0.1, -0.05) is 0 Å². The molecule has 16 heavy (non-hydrogen) atoms. The van der Waals surface area contributed by atoms with Crippen LogP contribution in [0.15, 0.2) is 12.1 Å². The molecule has 0 amide bonds. The molecule has 1 aliphatic heterocycles. The summed E-state index contributed by atoms with van der Waals surface area (Å²) in [7, 11) is 0. The number of thiophene rings is 1. The van der Waals surface area contributed by atoms with Crippen molar-refractivity contribution in [2.75, 3.05) is 26.3 Å². The summed E-state index contributed by atoms with van der Waals surface area (Å²) in [5.74, 6) is -0.840. The second-order valence-corrected chi connectivity index (χ2v) is 4.63. The average Bonchev–Trinajstić information content (AvgIpc) is 2.68. The first-order chi connectivity index (χ1) is 7.25. The Kier molecular flexibility index (Phi) is 5.21. The zero-order valence-corrected chi connectivity index (χ0v) is 10.4. The van der Waals surface area contributed by atoms with Gasteiger partial charge in [-0.2, -0.15) is 0 Å². The molecular formula is C10H14ClNO3S. The summed E-state index contributed by atoms with van der Waals surface area (Å²) >= 11 is 1.35. The highest BCUT2D eigenvalue weighted by Crippen LogP contribution is 2.18. The molecule has 1 N–H and O–H groups in total. The Morgan fingerprint density at radius 2 is 2.12 bits per heavy atom. The van der Waals surface area contributed by atoms with E-state index in [-0.39, 0.29) is 12.4 Å². The highest BCUT2D eigenvalue weighted by molar-refractivity contribution is 7.13. The molecule has 1 aromatic heterocycles. The SMILES string of the molecule is Cl.O=C(O)c1ccc(CN2CCOCC2)s1. The van der Waals surface area contributed by atoms with Crippen LogP contribution < -0.4 is 0 Å². The molecular weight excluding hydrogens is 250 g/mol. The lowest BCUT2D eigenvalue weighted by atomic mass is 10.3. The predicted octanol–water partition coefficient (Wildman–Crippen LogP) is 1.70. The van der Waals surface area contributed by atoms with E-state index in [4.69, 9.17) is 9.84 Å². The number of nitrogens with zero attached hydrogens (tertiary/aromatic N) is 1. The van der Waals surface area contributed by atoms with Crippen molar-refractivity contribution in [2.45, 2.75) is 6.54 Å². The van der Waals surface area contributed by atoms with Crippen LogP contribution in [0.1, 0.15) is 14.5 Å². The third-order valence-electron chi connectivity index (χ3n) is 2.36. The molecule has 0 saturated carbocycles. The van der Waals surface area contributed by atoms with Gasteiger partial charge in [-0.25, -0.2) is 4.79 Å². The third kappa shape index (κ3) is 3.45. The van der Waals surface area contributed by atoms with Gasteiger partial charge in [0.05, 0.1) is 13.2 Å². The minimum atomic E-state index is -0.840. The standard InChI is InChI=1S/C10H13NO3S.ClH/c12-10(13)9-2-1-8(15-9)7-11-3-5-14-6-4-11;/h1-2H,3-7H2,(H,12,13);1H. The molecule has 0 spiro atoms. The molecule has 0 unspecified atom stereocenters. The number of hydrogen-bond acceptors (Lipinski definition) is 4. The second-order valence-electron chi connectivity index (χ2n) is 3.46. The number of morpholine rings is 1. The van der Waals surface area contributed by atoms with Gasteiger partial charge < -0.3 is 9.84 Å². The van der Waals surface area contributed by atoms with E-state index in [2.05, 4.69) is 4.90 Å². The van der Waals surface area contributed by atoms with Crippen molar-refractivity contribution in [2.24, 2.45) is 0 Å². The molecule has 1 aliphatic rings. The number of rotatable bonds is 3. The summed E-state index contributed by atoms with van der Waals surface area (Å²) in [6.07, 6.45) is 0. The van der Waals surface area contributed by atoms with Gasteiger partial charge in [-0.05, 0) is 12.1 Å². The summed E-state index contributed by atoms with van der Waals surface area (Å²) in [5.41, 5.74) is 0. The van der Waals surface area contributed by atoms with Crippen LogP contribution in [0.3, 0.4) is 0 Å². The van der Waals surface area contributed by atoms with Gasteiger partial charge in [0.15, 0.2) is 0 Å². The van der Waals surface area contributed by atoms with Crippen molar-refractivity contribution in [3.05, 3.63) is 21.9 Å². The first kappa shape index (κ1) is 13.4. The summed E-state index contributed by atoms with van der Waals surface area (Å²) in [4.78, 5) is 14.5. The minimum Gasteiger partial charge on any atom is -0.477 e. The zero-order valence-electron chi connectivity index (χ0n) is 8.72. The van der Waals surface area contributed by atoms with E-state index >= 15 is 0 Å². The van der Waals surface area contributed by atoms with Crippen LogP contribution in [-0.2, 0) is 11.3 Å². The van der Waals surface area contributed by atoms with E-state index in [1.54, 1.807) is 6.07 Å². The van der Waals surface area contributed by atoms with E-state index < -0.39 is 5.97 Å². The Morgan fingerprint density at radius 1 is 1.44 bits per heavy atom. The van der Waals surface area contributed by atoms with Crippen LogP contribution >= 0.6 is 23.7 Å². The number of carboxylic acids is 1. The topological polar surface area (TPSA) is 49.8 Å². The summed E-state index contributed by atoms with van der Waals surface area (Å²) in [5, 5.41) is 8.78. The van der Waals surface area contributed by atoms with Crippen LogP contribution in [0.2, 0.25) is 0 Å². The average molecular weight is 264 g/mol. The van der Waals surface area contributed by atoms with Gasteiger partial charge in [-0.3, -0.25) is 4.90 Å². The molecule has 4 nitrogen and oxygen atoms in total. The Morgan fingerprint density at radius 3 is 2.69 bits per heavy atom. The lowest BCUT2D eigenvalue weighted by Crippen LogP contribution is -2.35. The zero-order chi connectivity index (χ0) is 10.7. The Bertz CT molecular complexity index is 350. The molecule has 1 aromatic rings. The van der Waals surface area contributed by atoms with Crippen LogP contribution in [0.4, 0.5) is 0 Å². The summed E-state index contributed by atoms with van der Waals surface area (Å²) in [6.45, 7) is 4.25. The highest BCUT2D eigenvalue weighted by atomic mass is 35.5. The maximum absolute atomic E-state index is 10.7. The van der Waals surface area contributed by atoms with E-state index in [1.165, 1.54) is 11.3 Å². The van der Waals surface area contributed by atoms with Crippen molar-refractivity contribution in [3.8, 4) is 0 Å². The maximum atomic E-state index is 10.7. The summed E-state index contributed by atoms with van der Waals surface area (Å²) in [6, 6.07) is 3.56. The molecule has 0 atom stereocenters. The number of carbonyl (C=O) groups is 1. The largest absolute Gasteiger partial charge is 0.477 e. The third-order valence-corrected chi connectivity index (χ3v) is 3.41. The fraction of sp³-hybridized carbons (Fsp3) is 0.500. The number of ether oxygens (including phenoxy) is 1. The molecule has 0 aromatic carbocycles. The molecule has 0 aliphatic carbocycles. The van der Waals surface area contributed by atoms with Crippen molar-refractivity contribution < 1.29 is 14.6 Å². The number of carboxylic acid groups (broad SMARTS) is 1. The molecule has 1 saturated heterocycles. The van der Waals surface area contributed by atoms with E-state index in [0.717, 1.165) is 37.7 Å². The van der Waals surface area contributed by atoms with Crippen LogP contribution in [0, 0.1) is 0 Å². The van der Waals surface area contributed by atoms with Crippen molar-refractivity contribution in [1.29, 1.82) is 0 Å². The molecule has 6 heteroatoms. The first-order valence-electron chi connectivity index (χ1n) is 4.88. The van der Waals surface area contributed by atoms with Crippen LogP contribution in [0.5, 0.6) is 0 Å². The molecule has 90 valence electrons. The smallest absolute Gasteiger partial charge is 0.345 e. The number of hydrogen-bond donors (Lipinski definition) is 1. The van der Waals surface area contributed by atoms with Crippen LogP contribution in [-0.4, -0.2) is 42.3 Å². The lowest BCUT2D eigenvalue weighted by molar-refractivity contribution is 0.0346. The van der Waals surface area contributed by atoms with Crippen molar-refractivity contribution in [3.63, 3.8) is 0 Å². The van der Waals surface area contributed by atoms with Gasteiger partial charge >= 0.3 is 5.97 Å². The van der Waals surface area contributed by atoms with Crippen molar-refractivity contribution in [1.82, 2.24) is 4.90 Å². The normalized spacial score (nSPS) is 16.8. The quantitative estimate of drug-likeness (QED) is 0.902. The van der Waals surface area contributed by atoms with Gasteiger partial charge in [0, 0.05) is 24.5 Å². The van der Waals surface area contributed by atoms with E-state index in [1.807, 2.05) is 6.07 Å². The van der Waals surface area contributed by atoms with Gasteiger partial charge in [0.1, 0.15) is 4.88 Å². The van der Waals surface area contributed by atoms with Crippen molar-refractivity contribution >= 4 is 29.7 Å². The maximum Gasteiger partial charge on any atom is 0.345 e. The fourth-order valence-electron chi connectivity index (χ4n) is 1.56. The first-order valence-corrected chi connectivity index (χ1v) is 5.69. The van der Waals surface area contributed by atoms with E-state index in [0.29, 0.717) is 4.88 Å². The molecule has 0 radical (unpaired) electrons. The predicted molar refractivity (Wildman–Crippen MR) is 64.6 cm³/mol. The Hall–Kier alpha value is -0.620.